The SMILES string of the molecule is C[C@@H]1C/C(=N/OC(=O)c2ccccc2)[C@@H](C)C[NH+]1C. The molecule has 1 aliphatic rings. The molecule has 4 heteroatoms. The number of quaternary nitrogens is 1. The minimum absolute atomic E-state index is 0.361. The van der Waals surface area contributed by atoms with E-state index in [1.54, 1.807) is 12.1 Å². The van der Waals surface area contributed by atoms with E-state index in [1.807, 2.05) is 18.2 Å². The molecule has 19 heavy (non-hydrogen) atoms. The van der Waals surface area contributed by atoms with Crippen LogP contribution in [0.1, 0.15) is 30.6 Å². The largest absolute Gasteiger partial charge is 0.365 e. The van der Waals surface area contributed by atoms with E-state index >= 15 is 0 Å². The van der Waals surface area contributed by atoms with Crippen molar-refractivity contribution < 1.29 is 14.5 Å². The summed E-state index contributed by atoms with van der Waals surface area (Å²) in [4.78, 5) is 18.4. The molecule has 1 aromatic carbocycles. The molecular weight excluding hydrogens is 240 g/mol. The lowest BCUT2D eigenvalue weighted by Gasteiger charge is -2.31. The number of carbonyl (C=O) groups is 1. The topological polar surface area (TPSA) is 43.1 Å². The summed E-state index contributed by atoms with van der Waals surface area (Å²) in [7, 11) is 2.19. The van der Waals surface area contributed by atoms with Crippen molar-refractivity contribution in [1.29, 1.82) is 0 Å². The molecule has 0 spiro atoms. The normalized spacial score (nSPS) is 29.2. The first-order chi connectivity index (χ1) is 9.08. The predicted octanol–water partition coefficient (Wildman–Crippen LogP) is 1.14. The van der Waals surface area contributed by atoms with Crippen molar-refractivity contribution in [1.82, 2.24) is 0 Å². The van der Waals surface area contributed by atoms with E-state index in [9.17, 15) is 4.79 Å². The van der Waals surface area contributed by atoms with Gasteiger partial charge < -0.3 is 9.74 Å². The summed E-state index contributed by atoms with van der Waals surface area (Å²) in [6.45, 7) is 5.35. The van der Waals surface area contributed by atoms with E-state index in [0.717, 1.165) is 18.7 Å². The first-order valence-corrected chi connectivity index (χ1v) is 6.73. The van der Waals surface area contributed by atoms with Crippen molar-refractivity contribution in [2.24, 2.45) is 11.1 Å². The average molecular weight is 261 g/mol. The molecule has 1 unspecified atom stereocenters. The molecule has 0 aromatic heterocycles. The number of benzene rings is 1. The van der Waals surface area contributed by atoms with Crippen LogP contribution in [-0.2, 0) is 4.84 Å². The summed E-state index contributed by atoms with van der Waals surface area (Å²) >= 11 is 0. The second-order valence-electron chi connectivity index (χ2n) is 5.38. The lowest BCUT2D eigenvalue weighted by atomic mass is 9.93. The number of hydrogen-bond acceptors (Lipinski definition) is 3. The van der Waals surface area contributed by atoms with Crippen molar-refractivity contribution in [3.8, 4) is 0 Å². The smallest absolute Gasteiger partial charge is 0.334 e. The molecule has 0 aliphatic carbocycles. The van der Waals surface area contributed by atoms with Crippen molar-refractivity contribution in [2.45, 2.75) is 26.3 Å². The number of likely N-dealkylation sites (tertiary alicyclic amines) is 1. The Morgan fingerprint density at radius 2 is 2.00 bits per heavy atom. The zero-order valence-corrected chi connectivity index (χ0v) is 11.7. The highest BCUT2D eigenvalue weighted by molar-refractivity contribution is 5.91. The van der Waals surface area contributed by atoms with E-state index < -0.39 is 0 Å². The third kappa shape index (κ3) is 3.41. The van der Waals surface area contributed by atoms with Gasteiger partial charge in [-0.1, -0.05) is 30.3 Å². The van der Waals surface area contributed by atoms with Gasteiger partial charge >= 0.3 is 5.97 Å². The molecule has 102 valence electrons. The van der Waals surface area contributed by atoms with Gasteiger partial charge in [-0.15, -0.1) is 0 Å². The van der Waals surface area contributed by atoms with Crippen LogP contribution in [0.25, 0.3) is 0 Å². The standard InChI is InChI=1S/C15H20N2O2/c1-11-10-17(3)12(2)9-14(11)16-19-15(18)13-7-5-4-6-8-13/h4-8,11-12H,9-10H2,1-3H3/p+1/b16-14-/t11-,12+/m0/s1. The molecule has 4 nitrogen and oxygen atoms in total. The van der Waals surface area contributed by atoms with Gasteiger partial charge in [-0.05, 0) is 19.1 Å². The van der Waals surface area contributed by atoms with Gasteiger partial charge in [0.1, 0.15) is 0 Å². The lowest BCUT2D eigenvalue weighted by Crippen LogP contribution is -3.14. The summed E-state index contributed by atoms with van der Waals surface area (Å²) in [5.74, 6) is -0.0287. The molecule has 0 radical (unpaired) electrons. The Hall–Kier alpha value is -1.68. The van der Waals surface area contributed by atoms with Gasteiger partial charge in [0.25, 0.3) is 0 Å². The van der Waals surface area contributed by atoms with Crippen LogP contribution in [0.5, 0.6) is 0 Å². The van der Waals surface area contributed by atoms with Crippen LogP contribution in [0.15, 0.2) is 35.5 Å². The zero-order chi connectivity index (χ0) is 13.8. The van der Waals surface area contributed by atoms with Gasteiger partial charge in [-0.2, -0.15) is 0 Å². The van der Waals surface area contributed by atoms with E-state index in [0.29, 0.717) is 17.5 Å². The number of nitrogens with one attached hydrogen (secondary N) is 1. The highest BCUT2D eigenvalue weighted by Gasteiger charge is 2.29. The van der Waals surface area contributed by atoms with Gasteiger partial charge in [0.2, 0.25) is 0 Å². The summed E-state index contributed by atoms with van der Waals surface area (Å²) in [5.41, 5.74) is 1.52. The molecule has 1 fully saturated rings. The van der Waals surface area contributed by atoms with Gasteiger partial charge in [0.05, 0.1) is 30.9 Å². The first kappa shape index (κ1) is 13.7. The number of nitrogens with zero attached hydrogens (tertiary/aromatic N) is 1. The summed E-state index contributed by atoms with van der Waals surface area (Å²) in [6, 6.07) is 9.47. The molecule has 1 heterocycles. The molecule has 1 saturated heterocycles. The molecule has 3 atom stereocenters. The maximum Gasteiger partial charge on any atom is 0.365 e. The fourth-order valence-corrected chi connectivity index (χ4v) is 2.35. The molecule has 1 aliphatic heterocycles. The van der Waals surface area contributed by atoms with E-state index in [-0.39, 0.29) is 5.97 Å². The minimum Gasteiger partial charge on any atom is -0.334 e. The van der Waals surface area contributed by atoms with Crippen LogP contribution in [-0.4, -0.2) is 31.3 Å². The van der Waals surface area contributed by atoms with Crippen LogP contribution < -0.4 is 4.90 Å². The zero-order valence-electron chi connectivity index (χ0n) is 11.7. The Labute approximate surface area is 114 Å². The van der Waals surface area contributed by atoms with Crippen LogP contribution in [0, 0.1) is 5.92 Å². The van der Waals surface area contributed by atoms with Crippen molar-refractivity contribution in [3.05, 3.63) is 35.9 Å². The monoisotopic (exact) mass is 261 g/mol. The minimum atomic E-state index is -0.390. The maximum absolute atomic E-state index is 11.8. The Morgan fingerprint density at radius 3 is 2.68 bits per heavy atom. The first-order valence-electron chi connectivity index (χ1n) is 6.73. The molecule has 0 saturated carbocycles. The van der Waals surface area contributed by atoms with Crippen LogP contribution in [0.3, 0.4) is 0 Å². The van der Waals surface area contributed by atoms with E-state index in [2.05, 4.69) is 26.1 Å². The fourth-order valence-electron chi connectivity index (χ4n) is 2.35. The highest BCUT2D eigenvalue weighted by atomic mass is 16.7. The summed E-state index contributed by atoms with van der Waals surface area (Å²) in [5, 5.41) is 4.08. The Bertz CT molecular complexity index is 470. The quantitative estimate of drug-likeness (QED) is 0.641. The number of rotatable bonds is 2. The second-order valence-corrected chi connectivity index (χ2v) is 5.38. The van der Waals surface area contributed by atoms with Gasteiger partial charge in [-0.25, -0.2) is 4.79 Å². The van der Waals surface area contributed by atoms with Gasteiger partial charge in [0, 0.05) is 12.3 Å². The molecule has 1 aromatic rings. The van der Waals surface area contributed by atoms with Crippen LogP contribution in [0.4, 0.5) is 0 Å². The Morgan fingerprint density at radius 1 is 1.32 bits per heavy atom. The van der Waals surface area contributed by atoms with Crippen LogP contribution in [0.2, 0.25) is 0 Å². The number of oxime groups is 1. The molecule has 1 N–H and O–H groups in total. The molecule has 2 rings (SSSR count). The summed E-state index contributed by atoms with van der Waals surface area (Å²) in [6.07, 6.45) is 0.884. The third-order valence-corrected chi connectivity index (χ3v) is 3.81. The van der Waals surface area contributed by atoms with Crippen molar-refractivity contribution in [3.63, 3.8) is 0 Å². The molecule has 0 amide bonds. The van der Waals surface area contributed by atoms with E-state index in [4.69, 9.17) is 4.84 Å². The number of hydrogen-bond donors (Lipinski definition) is 1. The molecular formula is C15H21N2O2+. The van der Waals surface area contributed by atoms with Crippen molar-refractivity contribution >= 4 is 11.7 Å². The van der Waals surface area contributed by atoms with Crippen LogP contribution >= 0.6 is 0 Å². The van der Waals surface area contributed by atoms with E-state index in [1.165, 1.54) is 4.90 Å². The van der Waals surface area contributed by atoms with Gasteiger partial charge in [-0.3, -0.25) is 0 Å². The van der Waals surface area contributed by atoms with Gasteiger partial charge in [0.15, 0.2) is 0 Å². The summed E-state index contributed by atoms with van der Waals surface area (Å²) < 4.78 is 0. The fraction of sp³-hybridized carbons (Fsp3) is 0.467. The Kier molecular flexibility index (Phi) is 4.32. The second kappa shape index (κ2) is 5.97. The number of piperidine rings is 1. The predicted molar refractivity (Wildman–Crippen MR) is 74.3 cm³/mol. The highest BCUT2D eigenvalue weighted by Crippen LogP contribution is 2.09. The third-order valence-electron chi connectivity index (χ3n) is 3.81. The Balaban J connectivity index is 2.00. The average Bonchev–Trinajstić information content (AvgIpc) is 2.42. The van der Waals surface area contributed by atoms with Crippen molar-refractivity contribution in [2.75, 3.05) is 13.6 Å². The number of carbonyl (C=O) groups excluding carboxylic acids is 1. The molecule has 0 bridgehead atoms. The lowest BCUT2D eigenvalue weighted by molar-refractivity contribution is -0.908. The maximum atomic E-state index is 11.8.